The van der Waals surface area contributed by atoms with Crippen molar-refractivity contribution >= 4 is 23.2 Å². The summed E-state index contributed by atoms with van der Waals surface area (Å²) in [6, 6.07) is 10.8. The molecule has 4 heteroatoms. The van der Waals surface area contributed by atoms with Crippen LogP contribution in [0.1, 0.15) is 22.8 Å². The first kappa shape index (κ1) is 12.8. The highest BCUT2D eigenvalue weighted by atomic mass is 35.5. The van der Waals surface area contributed by atoms with Gasteiger partial charge in [-0.2, -0.15) is 0 Å². The minimum Gasteiger partial charge on any atom is -0.493 e. The van der Waals surface area contributed by atoms with Gasteiger partial charge in [0.1, 0.15) is 11.9 Å². The number of hydrogen-bond acceptors (Lipinski definition) is 2. The molecular formula is C15H12Cl2O2. The molecule has 1 unspecified atom stereocenters. The van der Waals surface area contributed by atoms with Gasteiger partial charge in [-0.3, -0.25) is 0 Å². The largest absolute Gasteiger partial charge is 0.493 e. The molecule has 0 amide bonds. The topological polar surface area (TPSA) is 29.5 Å². The van der Waals surface area contributed by atoms with Gasteiger partial charge in [0.15, 0.2) is 0 Å². The van der Waals surface area contributed by atoms with E-state index in [4.69, 9.17) is 27.9 Å². The Balaban J connectivity index is 2.07. The molecule has 0 saturated heterocycles. The highest BCUT2D eigenvalue weighted by molar-refractivity contribution is 6.31. The van der Waals surface area contributed by atoms with E-state index < -0.39 is 6.10 Å². The van der Waals surface area contributed by atoms with Crippen LogP contribution in [-0.4, -0.2) is 11.7 Å². The van der Waals surface area contributed by atoms with Gasteiger partial charge >= 0.3 is 0 Å². The number of ether oxygens (including phenoxy) is 1. The number of benzene rings is 2. The molecule has 2 aromatic rings. The number of aliphatic hydroxyl groups excluding tert-OH is 1. The van der Waals surface area contributed by atoms with Crippen LogP contribution >= 0.6 is 23.2 Å². The Kier molecular flexibility index (Phi) is 3.40. The SMILES string of the molecule is OC(c1cccc(Cl)c1)c1cc(Cl)cc2c1OCC2. The molecule has 1 atom stereocenters. The fourth-order valence-corrected chi connectivity index (χ4v) is 2.81. The smallest absolute Gasteiger partial charge is 0.128 e. The summed E-state index contributed by atoms with van der Waals surface area (Å²) in [7, 11) is 0. The first-order valence-electron chi connectivity index (χ1n) is 6.04. The van der Waals surface area contributed by atoms with Crippen molar-refractivity contribution in [2.75, 3.05) is 6.61 Å². The van der Waals surface area contributed by atoms with Crippen molar-refractivity contribution in [3.05, 3.63) is 63.1 Å². The van der Waals surface area contributed by atoms with Gasteiger partial charge in [0.25, 0.3) is 0 Å². The number of aliphatic hydroxyl groups is 1. The quantitative estimate of drug-likeness (QED) is 0.907. The maximum Gasteiger partial charge on any atom is 0.128 e. The summed E-state index contributed by atoms with van der Waals surface area (Å²) in [6.45, 7) is 0.630. The van der Waals surface area contributed by atoms with Crippen molar-refractivity contribution in [3.63, 3.8) is 0 Å². The molecule has 0 saturated carbocycles. The van der Waals surface area contributed by atoms with Crippen molar-refractivity contribution in [1.82, 2.24) is 0 Å². The second-order valence-corrected chi connectivity index (χ2v) is 5.41. The van der Waals surface area contributed by atoms with Crippen molar-refractivity contribution in [3.8, 4) is 5.75 Å². The summed E-state index contributed by atoms with van der Waals surface area (Å²) in [4.78, 5) is 0. The first-order chi connectivity index (χ1) is 9.15. The molecule has 1 N–H and O–H groups in total. The molecule has 1 aliphatic heterocycles. The van der Waals surface area contributed by atoms with Gasteiger partial charge in [0.05, 0.1) is 6.61 Å². The Labute approximate surface area is 121 Å². The Morgan fingerprint density at radius 3 is 2.74 bits per heavy atom. The highest BCUT2D eigenvalue weighted by Crippen LogP contribution is 2.38. The van der Waals surface area contributed by atoms with Gasteiger partial charge in [-0.25, -0.2) is 0 Å². The summed E-state index contributed by atoms with van der Waals surface area (Å²) in [5.41, 5.74) is 2.47. The lowest BCUT2D eigenvalue weighted by molar-refractivity contribution is 0.214. The van der Waals surface area contributed by atoms with E-state index in [0.29, 0.717) is 22.2 Å². The van der Waals surface area contributed by atoms with Crippen molar-refractivity contribution in [2.45, 2.75) is 12.5 Å². The molecule has 98 valence electrons. The zero-order valence-corrected chi connectivity index (χ0v) is 11.6. The van der Waals surface area contributed by atoms with Crippen molar-refractivity contribution in [2.24, 2.45) is 0 Å². The lowest BCUT2D eigenvalue weighted by Crippen LogP contribution is -2.02. The normalized spacial score (nSPS) is 14.9. The van der Waals surface area contributed by atoms with E-state index in [1.165, 1.54) is 0 Å². The van der Waals surface area contributed by atoms with E-state index >= 15 is 0 Å². The zero-order chi connectivity index (χ0) is 13.4. The van der Waals surface area contributed by atoms with Crippen LogP contribution in [0, 0.1) is 0 Å². The first-order valence-corrected chi connectivity index (χ1v) is 6.79. The van der Waals surface area contributed by atoms with Crippen LogP contribution in [0.15, 0.2) is 36.4 Å². The molecular weight excluding hydrogens is 283 g/mol. The summed E-state index contributed by atoms with van der Waals surface area (Å²) in [5, 5.41) is 11.7. The minimum absolute atomic E-state index is 0.594. The standard InChI is InChI=1S/C15H12Cl2O2/c16-11-3-1-2-9(6-11)14(18)13-8-12(17)7-10-4-5-19-15(10)13/h1-3,6-8,14,18H,4-5H2. The fraction of sp³-hybridized carbons (Fsp3) is 0.200. The monoisotopic (exact) mass is 294 g/mol. The Morgan fingerprint density at radius 2 is 1.95 bits per heavy atom. The van der Waals surface area contributed by atoms with Crippen LogP contribution in [0.25, 0.3) is 0 Å². The van der Waals surface area contributed by atoms with Crippen LogP contribution in [0.2, 0.25) is 10.0 Å². The van der Waals surface area contributed by atoms with E-state index in [0.717, 1.165) is 23.3 Å². The van der Waals surface area contributed by atoms with E-state index in [1.54, 1.807) is 18.2 Å². The van der Waals surface area contributed by atoms with E-state index in [9.17, 15) is 5.11 Å². The van der Waals surface area contributed by atoms with E-state index in [2.05, 4.69) is 0 Å². The predicted octanol–water partition coefficient (Wildman–Crippen LogP) is 4.01. The number of halogens is 2. The van der Waals surface area contributed by atoms with Crippen LogP contribution < -0.4 is 4.74 Å². The third kappa shape index (κ3) is 2.44. The fourth-order valence-electron chi connectivity index (χ4n) is 2.36. The van der Waals surface area contributed by atoms with E-state index in [-0.39, 0.29) is 0 Å². The number of rotatable bonds is 2. The molecule has 2 aromatic carbocycles. The molecule has 3 rings (SSSR count). The average molecular weight is 295 g/mol. The molecule has 0 spiro atoms. The second kappa shape index (κ2) is 5.04. The maximum absolute atomic E-state index is 10.5. The van der Waals surface area contributed by atoms with Crippen LogP contribution in [0.5, 0.6) is 5.75 Å². The molecule has 1 aliphatic rings. The molecule has 0 fully saturated rings. The minimum atomic E-state index is -0.788. The van der Waals surface area contributed by atoms with E-state index in [1.807, 2.05) is 18.2 Å². The van der Waals surface area contributed by atoms with Crippen LogP contribution in [0.4, 0.5) is 0 Å². The van der Waals surface area contributed by atoms with Gasteiger partial charge in [-0.1, -0.05) is 35.3 Å². The third-order valence-corrected chi connectivity index (χ3v) is 3.69. The molecule has 1 heterocycles. The molecule has 19 heavy (non-hydrogen) atoms. The Bertz CT molecular complexity index is 626. The lowest BCUT2D eigenvalue weighted by atomic mass is 9.98. The zero-order valence-electron chi connectivity index (χ0n) is 10.1. The summed E-state index contributed by atoms with van der Waals surface area (Å²) in [6.07, 6.45) is 0.0368. The number of hydrogen-bond donors (Lipinski definition) is 1. The highest BCUT2D eigenvalue weighted by Gasteiger charge is 2.23. The van der Waals surface area contributed by atoms with Gasteiger partial charge < -0.3 is 9.84 Å². The molecule has 0 radical (unpaired) electrons. The molecule has 0 bridgehead atoms. The lowest BCUT2D eigenvalue weighted by Gasteiger charge is -2.15. The summed E-state index contributed by atoms with van der Waals surface area (Å²) in [5.74, 6) is 0.747. The van der Waals surface area contributed by atoms with Gasteiger partial charge in [0, 0.05) is 22.0 Å². The maximum atomic E-state index is 10.5. The van der Waals surface area contributed by atoms with Crippen molar-refractivity contribution < 1.29 is 9.84 Å². The van der Waals surface area contributed by atoms with Gasteiger partial charge in [0.2, 0.25) is 0 Å². The summed E-state index contributed by atoms with van der Waals surface area (Å²) >= 11 is 12.1. The molecule has 2 nitrogen and oxygen atoms in total. The predicted molar refractivity (Wildman–Crippen MR) is 76.2 cm³/mol. The summed E-state index contributed by atoms with van der Waals surface area (Å²) < 4.78 is 5.61. The van der Waals surface area contributed by atoms with Crippen LogP contribution in [-0.2, 0) is 6.42 Å². The Hall–Kier alpha value is -1.22. The van der Waals surface area contributed by atoms with Gasteiger partial charge in [-0.15, -0.1) is 0 Å². The molecule has 0 aromatic heterocycles. The van der Waals surface area contributed by atoms with Crippen molar-refractivity contribution in [1.29, 1.82) is 0 Å². The third-order valence-electron chi connectivity index (χ3n) is 3.24. The Morgan fingerprint density at radius 1 is 1.11 bits per heavy atom. The van der Waals surface area contributed by atoms with Crippen LogP contribution in [0.3, 0.4) is 0 Å². The number of fused-ring (bicyclic) bond motifs is 1. The molecule has 0 aliphatic carbocycles. The second-order valence-electron chi connectivity index (χ2n) is 4.54. The van der Waals surface area contributed by atoms with Gasteiger partial charge in [-0.05, 0) is 35.4 Å². The average Bonchev–Trinajstić information content (AvgIpc) is 2.85.